The molecule has 0 saturated carbocycles. The fourth-order valence-corrected chi connectivity index (χ4v) is 4.67. The smallest absolute Gasteiger partial charge is 0.259 e. The number of imide groups is 1. The average Bonchev–Trinajstić information content (AvgIpc) is 3.49. The Morgan fingerprint density at radius 3 is 2.63 bits per heavy atom. The van der Waals surface area contributed by atoms with Crippen LogP contribution in [0.1, 0.15) is 24.5 Å². The minimum Gasteiger partial charge on any atom is -0.361 e. The Kier molecular flexibility index (Phi) is 5.86. The van der Waals surface area contributed by atoms with Gasteiger partial charge in [-0.15, -0.1) is 0 Å². The second-order valence-electron chi connectivity index (χ2n) is 8.26. The molecule has 0 atom stereocenters. The number of H-pyrrole nitrogens is 1. The van der Waals surface area contributed by atoms with Gasteiger partial charge in [0, 0.05) is 64.5 Å². The highest BCUT2D eigenvalue weighted by Gasteiger charge is 2.35. The zero-order valence-electron chi connectivity index (χ0n) is 18.8. The van der Waals surface area contributed by atoms with Crippen molar-refractivity contribution in [2.75, 3.05) is 11.9 Å². The Morgan fingerprint density at radius 1 is 1.09 bits per heavy atom. The molecule has 3 heterocycles. The predicted octanol–water partition coefficient (Wildman–Crippen LogP) is 4.14. The Hall–Kier alpha value is -4.33. The van der Waals surface area contributed by atoms with Crippen molar-refractivity contribution in [3.63, 3.8) is 0 Å². The molecular weight excluding hydrogens is 462 g/mol. The maximum Gasteiger partial charge on any atom is 0.259 e. The van der Waals surface area contributed by atoms with E-state index in [0.29, 0.717) is 41.1 Å². The van der Waals surface area contributed by atoms with Crippen LogP contribution in [0.15, 0.2) is 59.9 Å². The maximum atomic E-state index is 13.1. The van der Waals surface area contributed by atoms with Gasteiger partial charge in [-0.2, -0.15) is 0 Å². The van der Waals surface area contributed by atoms with Gasteiger partial charge < -0.3 is 14.9 Å². The van der Waals surface area contributed by atoms with E-state index in [1.165, 1.54) is 6.92 Å². The molecule has 0 bridgehead atoms. The van der Waals surface area contributed by atoms with E-state index in [1.54, 1.807) is 6.20 Å². The number of aryl methyl sites for hydroxylation is 1. The number of nitrogens with one attached hydrogen (secondary N) is 3. The highest BCUT2D eigenvalue weighted by atomic mass is 32.1. The molecule has 0 radical (unpaired) electrons. The van der Waals surface area contributed by atoms with Crippen LogP contribution in [0.3, 0.4) is 0 Å². The number of anilines is 1. The van der Waals surface area contributed by atoms with E-state index in [9.17, 15) is 14.4 Å². The second kappa shape index (κ2) is 9.13. The number of aromatic amines is 1. The number of fused-ring (bicyclic) bond motifs is 2. The lowest BCUT2D eigenvalue weighted by Crippen LogP contribution is -2.22. The number of hydrogen-bond acceptors (Lipinski definition) is 5. The summed E-state index contributed by atoms with van der Waals surface area (Å²) < 4.78 is 2.02. The van der Waals surface area contributed by atoms with Crippen LogP contribution >= 0.6 is 12.2 Å². The molecule has 174 valence electrons. The number of amides is 3. The lowest BCUT2D eigenvalue weighted by atomic mass is 9.95. The molecule has 0 fully saturated rings. The molecule has 1 aliphatic heterocycles. The van der Waals surface area contributed by atoms with Gasteiger partial charge in [-0.3, -0.25) is 19.7 Å². The summed E-state index contributed by atoms with van der Waals surface area (Å²) in [5, 5.41) is 9.24. The number of rotatable bonds is 7. The molecule has 4 aromatic rings. The number of benzene rings is 2. The van der Waals surface area contributed by atoms with E-state index >= 15 is 0 Å². The second-order valence-corrected chi connectivity index (χ2v) is 8.44. The summed E-state index contributed by atoms with van der Waals surface area (Å²) in [5.41, 5.74) is 4.26. The van der Waals surface area contributed by atoms with E-state index in [0.717, 1.165) is 28.2 Å². The third-order valence-corrected chi connectivity index (χ3v) is 6.12. The first-order chi connectivity index (χ1) is 17.0. The molecule has 5 rings (SSSR count). The Labute approximate surface area is 205 Å². The highest BCUT2D eigenvalue weighted by Crippen LogP contribution is 2.39. The standard InChI is InChI=1S/C26H21N5O3S/c1-15(32)29-16-7-8-22-18(11-16)20(13-31(22)10-4-9-27-14-35)24-23(25(33)30-26(24)34)19-12-28-21-6-3-2-5-17(19)21/h2-3,5-8,11-13,28H,4,9-10H2,1H3,(H,29,32)(H,30,33,34). The van der Waals surface area contributed by atoms with Crippen LogP contribution in [0, 0.1) is 0 Å². The Morgan fingerprint density at radius 2 is 1.86 bits per heavy atom. The van der Waals surface area contributed by atoms with Crippen molar-refractivity contribution in [1.82, 2.24) is 14.9 Å². The number of thiocarbonyl (C=S) groups is 1. The molecule has 2 aromatic carbocycles. The zero-order chi connectivity index (χ0) is 24.5. The summed E-state index contributed by atoms with van der Waals surface area (Å²) in [4.78, 5) is 45.0. The monoisotopic (exact) mass is 483 g/mol. The van der Waals surface area contributed by atoms with Crippen molar-refractivity contribution in [3.05, 3.63) is 66.0 Å². The van der Waals surface area contributed by atoms with Gasteiger partial charge in [0.05, 0.1) is 22.9 Å². The molecule has 0 spiro atoms. The maximum absolute atomic E-state index is 13.1. The zero-order valence-corrected chi connectivity index (χ0v) is 19.7. The van der Waals surface area contributed by atoms with E-state index < -0.39 is 11.8 Å². The van der Waals surface area contributed by atoms with Crippen LogP contribution in [-0.4, -0.2) is 39.0 Å². The number of carbonyl (C=O) groups excluding carboxylic acids is 3. The Bertz CT molecular complexity index is 1600. The third-order valence-electron chi connectivity index (χ3n) is 5.99. The highest BCUT2D eigenvalue weighted by molar-refractivity contribution is 7.78. The normalized spacial score (nSPS) is 13.4. The Balaban J connectivity index is 1.73. The van der Waals surface area contributed by atoms with Gasteiger partial charge in [0.2, 0.25) is 5.91 Å². The molecule has 35 heavy (non-hydrogen) atoms. The summed E-state index contributed by atoms with van der Waals surface area (Å²) in [7, 11) is 0. The quantitative estimate of drug-likeness (QED) is 0.159. The van der Waals surface area contributed by atoms with Crippen molar-refractivity contribution in [2.24, 2.45) is 4.99 Å². The summed E-state index contributed by atoms with van der Waals surface area (Å²) >= 11 is 4.65. The van der Waals surface area contributed by atoms with Crippen molar-refractivity contribution in [1.29, 1.82) is 0 Å². The van der Waals surface area contributed by atoms with Crippen molar-refractivity contribution in [2.45, 2.75) is 19.9 Å². The lowest BCUT2D eigenvalue weighted by Gasteiger charge is -2.06. The fraction of sp³-hybridized carbons (Fsp3) is 0.154. The fourth-order valence-electron chi connectivity index (χ4n) is 4.58. The van der Waals surface area contributed by atoms with Crippen molar-refractivity contribution in [3.8, 4) is 0 Å². The van der Waals surface area contributed by atoms with Gasteiger partial charge in [-0.05, 0) is 42.9 Å². The minimum atomic E-state index is -0.454. The van der Waals surface area contributed by atoms with E-state index in [2.05, 4.69) is 38.0 Å². The SMILES string of the molecule is CC(=O)Nc1ccc2c(c1)c(C1=C(c3c[nH]c4ccccc34)C(=O)NC1=O)cn2CCCN=C=S. The van der Waals surface area contributed by atoms with Crippen molar-refractivity contribution < 1.29 is 14.4 Å². The first kappa shape index (κ1) is 22.5. The molecule has 1 aliphatic rings. The number of aliphatic imine (C=N–C) groups is 1. The number of nitrogens with zero attached hydrogens (tertiary/aromatic N) is 2. The van der Waals surface area contributed by atoms with Crippen molar-refractivity contribution >= 4 is 73.7 Å². The first-order valence-electron chi connectivity index (χ1n) is 11.1. The van der Waals surface area contributed by atoms with Crippen LogP contribution in [0.4, 0.5) is 5.69 Å². The molecule has 3 N–H and O–H groups in total. The van der Waals surface area contributed by atoms with Gasteiger partial charge in [-0.25, -0.2) is 4.99 Å². The number of para-hydroxylation sites is 1. The van der Waals surface area contributed by atoms with E-state index in [1.807, 2.05) is 53.2 Å². The topological polar surface area (TPSA) is 108 Å². The van der Waals surface area contributed by atoms with Crippen LogP contribution in [-0.2, 0) is 20.9 Å². The molecular formula is C26H21N5O3S. The van der Waals surface area contributed by atoms with Crippen LogP contribution < -0.4 is 10.6 Å². The average molecular weight is 484 g/mol. The number of carbonyl (C=O) groups is 3. The molecule has 8 nitrogen and oxygen atoms in total. The van der Waals surface area contributed by atoms with Gasteiger partial charge in [-0.1, -0.05) is 18.2 Å². The van der Waals surface area contributed by atoms with Crippen LogP contribution in [0.5, 0.6) is 0 Å². The number of hydrogen-bond donors (Lipinski definition) is 3. The lowest BCUT2D eigenvalue weighted by molar-refractivity contribution is -0.123. The third kappa shape index (κ3) is 4.07. The summed E-state index contributed by atoms with van der Waals surface area (Å²) in [5.74, 6) is -1.09. The molecule has 2 aromatic heterocycles. The molecule has 0 saturated heterocycles. The first-order valence-corrected chi connectivity index (χ1v) is 11.5. The van der Waals surface area contributed by atoms with Gasteiger partial charge >= 0.3 is 0 Å². The predicted molar refractivity (Wildman–Crippen MR) is 139 cm³/mol. The summed E-state index contributed by atoms with van der Waals surface area (Å²) in [6, 6.07) is 13.2. The van der Waals surface area contributed by atoms with Crippen LogP contribution in [0.2, 0.25) is 0 Å². The summed E-state index contributed by atoms with van der Waals surface area (Å²) in [6.45, 7) is 2.60. The molecule has 0 aliphatic carbocycles. The van der Waals surface area contributed by atoms with E-state index in [4.69, 9.17) is 0 Å². The van der Waals surface area contributed by atoms with E-state index in [-0.39, 0.29) is 5.91 Å². The number of aromatic nitrogens is 2. The molecule has 0 unspecified atom stereocenters. The van der Waals surface area contributed by atoms with Gasteiger partial charge in [0.1, 0.15) is 0 Å². The van der Waals surface area contributed by atoms with Gasteiger partial charge in [0.25, 0.3) is 11.8 Å². The number of isothiocyanates is 1. The molecule has 9 heteroatoms. The van der Waals surface area contributed by atoms with Gasteiger partial charge in [0.15, 0.2) is 0 Å². The largest absolute Gasteiger partial charge is 0.361 e. The molecule has 3 amide bonds. The summed E-state index contributed by atoms with van der Waals surface area (Å²) in [6.07, 6.45) is 4.36. The van der Waals surface area contributed by atoms with Crippen LogP contribution in [0.25, 0.3) is 33.0 Å². The minimum absolute atomic E-state index is 0.198.